The van der Waals surface area contributed by atoms with Gasteiger partial charge in [0, 0.05) is 6.07 Å². The number of aromatic nitrogens is 2. The third-order valence-electron chi connectivity index (χ3n) is 5.03. The molecule has 1 aromatic heterocycles. The van der Waals surface area contributed by atoms with E-state index >= 15 is 0 Å². The van der Waals surface area contributed by atoms with Gasteiger partial charge >= 0.3 is 0 Å². The van der Waals surface area contributed by atoms with E-state index in [1.165, 1.54) is 22.8 Å². The number of nitro groups is 1. The second kappa shape index (κ2) is 10.2. The van der Waals surface area contributed by atoms with Crippen molar-refractivity contribution in [2.45, 2.75) is 11.7 Å². The normalized spacial score (nSPS) is 10.7. The first-order chi connectivity index (χ1) is 16.5. The van der Waals surface area contributed by atoms with Crippen LogP contribution in [-0.2, 0) is 11.3 Å². The lowest BCUT2D eigenvalue weighted by molar-refractivity contribution is -0.383. The lowest BCUT2D eigenvalue weighted by atomic mass is 10.2. The molecule has 0 atom stereocenters. The first-order valence-electron chi connectivity index (χ1n) is 10.2. The Morgan fingerprint density at radius 1 is 1.09 bits per heavy atom. The van der Waals surface area contributed by atoms with Crippen LogP contribution in [0.1, 0.15) is 5.56 Å². The number of nitrogens with zero attached hydrogens (tertiary/aromatic N) is 3. The fraction of sp³-hybridized carbons (Fsp3) is 0.125. The van der Waals surface area contributed by atoms with E-state index in [2.05, 4.69) is 10.3 Å². The maximum atomic E-state index is 13.2. The fourth-order valence-electron chi connectivity index (χ4n) is 3.37. The lowest BCUT2D eigenvalue weighted by Crippen LogP contribution is -2.25. The first kappa shape index (κ1) is 23.0. The van der Waals surface area contributed by atoms with Crippen molar-refractivity contribution in [2.24, 2.45) is 0 Å². The second-order valence-electron chi connectivity index (χ2n) is 7.26. The molecular weight excluding hydrogens is 456 g/mol. The van der Waals surface area contributed by atoms with Crippen molar-refractivity contribution < 1.29 is 14.5 Å². The van der Waals surface area contributed by atoms with Crippen molar-refractivity contribution in [1.82, 2.24) is 9.55 Å². The van der Waals surface area contributed by atoms with E-state index in [0.29, 0.717) is 21.8 Å². The number of para-hydroxylation sites is 3. The standard InChI is InChI=1S/C24H20N4O5S/c1-33-17-12-10-16(11-13-17)14-27-23(30)18-6-2-3-7-19(18)26-24(27)34-15-22(29)25-20-8-4-5-9-21(20)28(31)32/h2-13H,14-15H2,1H3,(H,25,29). The quantitative estimate of drug-likeness (QED) is 0.176. The first-order valence-corrected chi connectivity index (χ1v) is 11.2. The van der Waals surface area contributed by atoms with Gasteiger partial charge in [0.1, 0.15) is 11.4 Å². The summed E-state index contributed by atoms with van der Waals surface area (Å²) in [5.41, 5.74) is 1.09. The van der Waals surface area contributed by atoms with Gasteiger partial charge in [-0.2, -0.15) is 0 Å². The Morgan fingerprint density at radius 2 is 1.79 bits per heavy atom. The van der Waals surface area contributed by atoms with Crippen LogP contribution in [0.3, 0.4) is 0 Å². The molecule has 9 nitrogen and oxygen atoms in total. The molecule has 172 valence electrons. The van der Waals surface area contributed by atoms with Crippen LogP contribution >= 0.6 is 11.8 Å². The molecule has 10 heteroatoms. The molecule has 3 aromatic carbocycles. The summed E-state index contributed by atoms with van der Waals surface area (Å²) in [5.74, 6) is 0.172. The SMILES string of the molecule is COc1ccc(Cn2c(SCC(=O)Nc3ccccc3[N+](=O)[O-])nc3ccccc3c2=O)cc1. The highest BCUT2D eigenvalue weighted by Gasteiger charge is 2.17. The smallest absolute Gasteiger partial charge is 0.292 e. The van der Waals surface area contributed by atoms with E-state index in [1.54, 1.807) is 37.4 Å². The third-order valence-corrected chi connectivity index (χ3v) is 6.01. The number of hydrogen-bond donors (Lipinski definition) is 1. The summed E-state index contributed by atoms with van der Waals surface area (Å²) in [4.78, 5) is 41.1. The van der Waals surface area contributed by atoms with Gasteiger partial charge in [-0.1, -0.05) is 48.2 Å². The Balaban J connectivity index is 1.60. The molecule has 0 saturated heterocycles. The molecule has 4 aromatic rings. The number of nitrogens with one attached hydrogen (secondary N) is 1. The molecule has 0 saturated carbocycles. The molecular formula is C24H20N4O5S. The molecule has 0 aliphatic heterocycles. The molecule has 0 radical (unpaired) electrons. The minimum Gasteiger partial charge on any atom is -0.497 e. The van der Waals surface area contributed by atoms with Gasteiger partial charge in [-0.15, -0.1) is 0 Å². The van der Waals surface area contributed by atoms with Gasteiger partial charge in [-0.3, -0.25) is 24.3 Å². The van der Waals surface area contributed by atoms with Gasteiger partial charge in [-0.05, 0) is 35.9 Å². The van der Waals surface area contributed by atoms with Gasteiger partial charge in [-0.25, -0.2) is 4.98 Å². The molecule has 0 aliphatic rings. The maximum absolute atomic E-state index is 13.2. The molecule has 1 heterocycles. The Kier molecular flexibility index (Phi) is 6.88. The summed E-state index contributed by atoms with van der Waals surface area (Å²) in [5, 5.41) is 14.6. The van der Waals surface area contributed by atoms with Crippen LogP contribution < -0.4 is 15.6 Å². The predicted molar refractivity (Wildman–Crippen MR) is 131 cm³/mol. The van der Waals surface area contributed by atoms with Gasteiger partial charge in [0.15, 0.2) is 5.16 Å². The van der Waals surface area contributed by atoms with E-state index < -0.39 is 10.8 Å². The Morgan fingerprint density at radius 3 is 2.53 bits per heavy atom. The van der Waals surface area contributed by atoms with Gasteiger partial charge < -0.3 is 10.1 Å². The zero-order valence-corrected chi connectivity index (χ0v) is 19.0. The second-order valence-corrected chi connectivity index (χ2v) is 8.20. The van der Waals surface area contributed by atoms with E-state index in [-0.39, 0.29) is 29.2 Å². The fourth-order valence-corrected chi connectivity index (χ4v) is 4.16. The zero-order valence-electron chi connectivity index (χ0n) is 18.1. The van der Waals surface area contributed by atoms with Crippen LogP contribution in [0.25, 0.3) is 10.9 Å². The number of carbonyl (C=O) groups is 1. The van der Waals surface area contributed by atoms with E-state index in [0.717, 1.165) is 17.3 Å². The van der Waals surface area contributed by atoms with Crippen LogP contribution in [0, 0.1) is 10.1 Å². The van der Waals surface area contributed by atoms with Crippen molar-refractivity contribution in [3.63, 3.8) is 0 Å². The molecule has 0 aliphatic carbocycles. The molecule has 0 spiro atoms. The van der Waals surface area contributed by atoms with Gasteiger partial charge in [0.05, 0.1) is 35.2 Å². The van der Waals surface area contributed by atoms with Crippen molar-refractivity contribution in [3.05, 3.63) is 98.8 Å². The number of thioether (sulfide) groups is 1. The van der Waals surface area contributed by atoms with Crippen LogP contribution in [-0.4, -0.2) is 33.2 Å². The highest BCUT2D eigenvalue weighted by molar-refractivity contribution is 7.99. The zero-order chi connectivity index (χ0) is 24.1. The average Bonchev–Trinajstić information content (AvgIpc) is 2.85. The van der Waals surface area contributed by atoms with E-state index in [1.807, 2.05) is 24.3 Å². The summed E-state index contributed by atoms with van der Waals surface area (Å²) in [7, 11) is 1.58. The number of ether oxygens (including phenoxy) is 1. The summed E-state index contributed by atoms with van der Waals surface area (Å²) in [6.07, 6.45) is 0. The minimum absolute atomic E-state index is 0.0839. The van der Waals surface area contributed by atoms with Gasteiger partial charge in [0.25, 0.3) is 11.2 Å². The maximum Gasteiger partial charge on any atom is 0.292 e. The average molecular weight is 477 g/mol. The Bertz CT molecular complexity index is 1420. The number of anilines is 1. The largest absolute Gasteiger partial charge is 0.497 e. The van der Waals surface area contributed by atoms with Crippen LogP contribution in [0.5, 0.6) is 5.75 Å². The molecule has 0 unspecified atom stereocenters. The number of benzene rings is 3. The summed E-state index contributed by atoms with van der Waals surface area (Å²) >= 11 is 1.09. The highest BCUT2D eigenvalue weighted by Crippen LogP contribution is 2.24. The number of methoxy groups -OCH3 is 1. The van der Waals surface area contributed by atoms with E-state index in [9.17, 15) is 19.7 Å². The molecule has 1 amide bonds. The monoisotopic (exact) mass is 476 g/mol. The van der Waals surface area contributed by atoms with Gasteiger partial charge in [0.2, 0.25) is 5.91 Å². The molecule has 0 fully saturated rings. The molecule has 34 heavy (non-hydrogen) atoms. The summed E-state index contributed by atoms with van der Waals surface area (Å²) in [6.45, 7) is 0.259. The van der Waals surface area contributed by atoms with Crippen molar-refractivity contribution in [3.8, 4) is 5.75 Å². The number of carbonyl (C=O) groups excluding carboxylic acids is 1. The summed E-state index contributed by atoms with van der Waals surface area (Å²) < 4.78 is 6.71. The number of rotatable bonds is 8. The third kappa shape index (κ3) is 5.07. The van der Waals surface area contributed by atoms with Crippen LogP contribution in [0.2, 0.25) is 0 Å². The van der Waals surface area contributed by atoms with Crippen LogP contribution in [0.4, 0.5) is 11.4 Å². The topological polar surface area (TPSA) is 116 Å². The summed E-state index contributed by atoms with van der Waals surface area (Å²) in [6, 6.07) is 20.3. The Labute approximate surface area is 198 Å². The molecule has 1 N–H and O–H groups in total. The predicted octanol–water partition coefficient (Wildman–Crippen LogP) is 4.09. The number of hydrogen-bond acceptors (Lipinski definition) is 7. The van der Waals surface area contributed by atoms with E-state index in [4.69, 9.17) is 4.74 Å². The van der Waals surface area contributed by atoms with Crippen molar-refractivity contribution in [1.29, 1.82) is 0 Å². The van der Waals surface area contributed by atoms with Crippen molar-refractivity contribution in [2.75, 3.05) is 18.2 Å². The Hall–Kier alpha value is -4.18. The number of fused-ring (bicyclic) bond motifs is 1. The highest BCUT2D eigenvalue weighted by atomic mass is 32.2. The lowest BCUT2D eigenvalue weighted by Gasteiger charge is -2.13. The van der Waals surface area contributed by atoms with Crippen LogP contribution in [0.15, 0.2) is 82.7 Å². The molecule has 0 bridgehead atoms. The number of nitro benzene ring substituents is 1. The molecule has 4 rings (SSSR count). The van der Waals surface area contributed by atoms with Crippen molar-refractivity contribution >= 4 is 39.9 Å². The number of amides is 1. The minimum atomic E-state index is -0.555.